The first-order valence-electron chi connectivity index (χ1n) is 17.1. The van der Waals surface area contributed by atoms with Crippen molar-refractivity contribution in [3.8, 4) is 28.1 Å². The molecule has 1 aliphatic rings. The average molecular weight is 642 g/mol. The van der Waals surface area contributed by atoms with Crippen LogP contribution in [-0.4, -0.2) is 14.5 Å². The first-order chi connectivity index (χ1) is 24.8. The molecule has 9 aromatic rings. The van der Waals surface area contributed by atoms with E-state index >= 15 is 0 Å². The highest BCUT2D eigenvalue weighted by Gasteiger charge is 2.19. The lowest BCUT2D eigenvalue weighted by atomic mass is 9.89. The van der Waals surface area contributed by atoms with Crippen LogP contribution in [0.15, 0.2) is 168 Å². The van der Waals surface area contributed by atoms with E-state index in [-0.39, 0.29) is 0 Å². The molecule has 0 aliphatic heterocycles. The van der Waals surface area contributed by atoms with Gasteiger partial charge in [0.2, 0.25) is 0 Å². The molecule has 0 atom stereocenters. The van der Waals surface area contributed by atoms with Crippen LogP contribution in [0.5, 0.6) is 0 Å². The maximum Gasteiger partial charge on any atom is 0.135 e. The van der Waals surface area contributed by atoms with Gasteiger partial charge in [0.15, 0.2) is 0 Å². The molecule has 0 radical (unpaired) electrons. The van der Waals surface area contributed by atoms with Crippen molar-refractivity contribution < 1.29 is 4.42 Å². The predicted molar refractivity (Wildman–Crippen MR) is 206 cm³/mol. The van der Waals surface area contributed by atoms with E-state index < -0.39 is 0 Å². The van der Waals surface area contributed by atoms with Crippen LogP contribution in [-0.2, 0) is 0 Å². The molecule has 0 N–H and O–H groups in total. The highest BCUT2D eigenvalue weighted by Crippen LogP contribution is 2.40. The Balaban J connectivity index is 1.14. The maximum atomic E-state index is 6.40. The summed E-state index contributed by atoms with van der Waals surface area (Å²) in [7, 11) is 0. The van der Waals surface area contributed by atoms with Crippen molar-refractivity contribution in [2.75, 3.05) is 0 Å². The van der Waals surface area contributed by atoms with Crippen LogP contribution < -0.4 is 0 Å². The highest BCUT2D eigenvalue weighted by atomic mass is 16.3. The van der Waals surface area contributed by atoms with E-state index in [2.05, 4.69) is 143 Å². The SMILES string of the molecule is C1=CC(c2ccccn2)=C(c2ccc3c(c2)c2ccccc2n3-c2ccc3oc4ccc(-c5ccccc5-c5ccccn5)cc4c3c2)CC1. The molecule has 0 spiro atoms. The summed E-state index contributed by atoms with van der Waals surface area (Å²) >= 11 is 0. The van der Waals surface area contributed by atoms with Gasteiger partial charge in [-0.25, -0.2) is 0 Å². The number of fused-ring (bicyclic) bond motifs is 6. The third kappa shape index (κ3) is 4.61. The van der Waals surface area contributed by atoms with Crippen LogP contribution in [0.1, 0.15) is 24.1 Å². The van der Waals surface area contributed by atoms with Crippen molar-refractivity contribution >= 4 is 54.9 Å². The molecule has 50 heavy (non-hydrogen) atoms. The van der Waals surface area contributed by atoms with Crippen LogP contribution >= 0.6 is 0 Å². The normalized spacial score (nSPS) is 13.3. The summed E-state index contributed by atoms with van der Waals surface area (Å²) < 4.78 is 8.79. The Morgan fingerprint density at radius 2 is 1.20 bits per heavy atom. The first kappa shape index (κ1) is 28.5. The Bertz CT molecular complexity index is 2800. The quantitative estimate of drug-likeness (QED) is 0.188. The van der Waals surface area contributed by atoms with Crippen molar-refractivity contribution in [3.05, 3.63) is 175 Å². The van der Waals surface area contributed by atoms with Crippen molar-refractivity contribution in [1.29, 1.82) is 0 Å². The van der Waals surface area contributed by atoms with Gasteiger partial charge >= 0.3 is 0 Å². The van der Waals surface area contributed by atoms with Gasteiger partial charge in [-0.3, -0.25) is 9.97 Å². The zero-order valence-electron chi connectivity index (χ0n) is 27.3. The summed E-state index contributed by atoms with van der Waals surface area (Å²) in [6.45, 7) is 0. The fraction of sp³-hybridized carbons (Fsp3) is 0.0435. The second kappa shape index (κ2) is 11.6. The minimum atomic E-state index is 0.876. The number of rotatable bonds is 5. The van der Waals surface area contributed by atoms with E-state index in [1.165, 1.54) is 38.5 Å². The largest absolute Gasteiger partial charge is 0.456 e. The Morgan fingerprint density at radius 1 is 0.520 bits per heavy atom. The number of para-hydroxylation sites is 1. The number of hydrogen-bond acceptors (Lipinski definition) is 3. The molecule has 4 nitrogen and oxygen atoms in total. The lowest BCUT2D eigenvalue weighted by molar-refractivity contribution is 0.669. The molecule has 0 amide bonds. The molecule has 1 aliphatic carbocycles. The number of aromatic nitrogens is 3. The Morgan fingerprint density at radius 3 is 2.04 bits per heavy atom. The van der Waals surface area contributed by atoms with Gasteiger partial charge in [0.1, 0.15) is 11.2 Å². The molecule has 10 rings (SSSR count). The number of benzene rings is 5. The molecular formula is C46H31N3O. The van der Waals surface area contributed by atoms with Gasteiger partial charge in [0, 0.05) is 50.8 Å². The molecule has 0 fully saturated rings. The van der Waals surface area contributed by atoms with E-state index in [1.54, 1.807) is 0 Å². The predicted octanol–water partition coefficient (Wildman–Crippen LogP) is 12.1. The van der Waals surface area contributed by atoms with Gasteiger partial charge in [-0.05, 0) is 108 Å². The van der Waals surface area contributed by atoms with Gasteiger partial charge in [0.25, 0.3) is 0 Å². The molecule has 5 aromatic carbocycles. The Labute approximate surface area is 289 Å². The molecule has 236 valence electrons. The summed E-state index contributed by atoms with van der Waals surface area (Å²) in [6.07, 6.45) is 10.2. The van der Waals surface area contributed by atoms with E-state index in [1.807, 2.05) is 30.6 Å². The summed E-state index contributed by atoms with van der Waals surface area (Å²) in [5.74, 6) is 0. The zero-order valence-corrected chi connectivity index (χ0v) is 27.3. The Hall–Kier alpha value is -6.52. The Kier molecular flexibility index (Phi) is 6.59. The van der Waals surface area contributed by atoms with Crippen molar-refractivity contribution in [1.82, 2.24) is 14.5 Å². The molecular weight excluding hydrogens is 611 g/mol. The summed E-state index contributed by atoms with van der Waals surface area (Å²) in [4.78, 5) is 9.34. The highest BCUT2D eigenvalue weighted by molar-refractivity contribution is 6.12. The van der Waals surface area contributed by atoms with E-state index in [4.69, 9.17) is 9.40 Å². The summed E-state index contributed by atoms with van der Waals surface area (Å²) in [5.41, 5.74) is 14.4. The number of nitrogens with zero attached hydrogens (tertiary/aromatic N) is 3. The molecule has 0 saturated carbocycles. The standard InChI is InChI=1S/C46H31N3O/c1-3-13-35(41-16-7-9-25-47-41)33(11-1)30-19-22-44-38(27-30)37-15-5-6-18-43(37)49(44)32-21-24-46-40(29-32)39-28-31(20-23-45(39)50-46)34-12-2-4-14-36(34)42-17-8-10-26-48-42/h2-10,12-29H,1,11H2. The van der Waals surface area contributed by atoms with Gasteiger partial charge in [-0.2, -0.15) is 0 Å². The zero-order chi connectivity index (χ0) is 33.0. The fourth-order valence-electron chi connectivity index (χ4n) is 7.72. The maximum absolute atomic E-state index is 6.40. The van der Waals surface area contributed by atoms with Crippen LogP contribution in [0.4, 0.5) is 0 Å². The van der Waals surface area contributed by atoms with Crippen LogP contribution in [0.25, 0.3) is 83.0 Å². The average Bonchev–Trinajstić information content (AvgIpc) is 3.73. The summed E-state index contributed by atoms with van der Waals surface area (Å²) in [5, 5.41) is 4.67. The van der Waals surface area contributed by atoms with Crippen LogP contribution in [0.3, 0.4) is 0 Å². The monoisotopic (exact) mass is 641 g/mol. The third-order valence-electron chi connectivity index (χ3n) is 10.0. The third-order valence-corrected chi connectivity index (χ3v) is 10.0. The number of pyridine rings is 2. The topological polar surface area (TPSA) is 43.9 Å². The smallest absolute Gasteiger partial charge is 0.135 e. The second-order valence-electron chi connectivity index (χ2n) is 12.9. The van der Waals surface area contributed by atoms with Gasteiger partial charge in [-0.15, -0.1) is 0 Å². The van der Waals surface area contributed by atoms with Crippen LogP contribution in [0, 0.1) is 0 Å². The molecule has 4 aromatic heterocycles. The minimum Gasteiger partial charge on any atom is -0.456 e. The van der Waals surface area contributed by atoms with Crippen molar-refractivity contribution in [2.45, 2.75) is 12.8 Å². The second-order valence-corrected chi connectivity index (χ2v) is 12.9. The van der Waals surface area contributed by atoms with Gasteiger partial charge < -0.3 is 8.98 Å². The lowest BCUT2D eigenvalue weighted by Gasteiger charge is -2.17. The van der Waals surface area contributed by atoms with Gasteiger partial charge in [0.05, 0.1) is 22.4 Å². The van der Waals surface area contributed by atoms with Gasteiger partial charge in [-0.1, -0.05) is 78.9 Å². The van der Waals surface area contributed by atoms with Crippen molar-refractivity contribution in [3.63, 3.8) is 0 Å². The number of hydrogen-bond donors (Lipinski definition) is 0. The van der Waals surface area contributed by atoms with Crippen molar-refractivity contribution in [2.24, 2.45) is 0 Å². The van der Waals surface area contributed by atoms with Crippen LogP contribution in [0.2, 0.25) is 0 Å². The van der Waals surface area contributed by atoms with E-state index in [9.17, 15) is 0 Å². The minimum absolute atomic E-state index is 0.876. The summed E-state index contributed by atoms with van der Waals surface area (Å²) in [6, 6.07) is 49.4. The number of furan rings is 1. The molecule has 0 bridgehead atoms. The molecule has 0 unspecified atom stereocenters. The number of allylic oxidation sites excluding steroid dienone is 4. The fourth-order valence-corrected chi connectivity index (χ4v) is 7.72. The molecule has 0 saturated heterocycles. The first-order valence-corrected chi connectivity index (χ1v) is 17.1. The van der Waals surface area contributed by atoms with E-state index in [0.29, 0.717) is 0 Å². The van der Waals surface area contributed by atoms with E-state index in [0.717, 1.165) is 68.5 Å². The molecule has 4 heterocycles. The molecule has 4 heteroatoms. The lowest BCUT2D eigenvalue weighted by Crippen LogP contribution is -1.97.